The van der Waals surface area contributed by atoms with Gasteiger partial charge in [-0.05, 0) is 51.9 Å². The third kappa shape index (κ3) is 22.9. The molecule has 1 aliphatic rings. The maximum atomic E-state index is 5.51. The Hall–Kier alpha value is 0.750. The number of rotatable bonds is 8. The lowest BCUT2D eigenvalue weighted by molar-refractivity contribution is 0.409. The van der Waals surface area contributed by atoms with Gasteiger partial charge in [0.05, 0.1) is 0 Å². The number of hydrogen-bond acceptors (Lipinski definition) is 3. The second kappa shape index (κ2) is 26.8. The molecule has 0 heterocycles. The van der Waals surface area contributed by atoms with E-state index in [2.05, 4.69) is 10.6 Å². The Balaban J connectivity index is -0.00000192. The first-order valence-electron chi connectivity index (χ1n) is 11.1. The average molecular weight is 449 g/mol. The van der Waals surface area contributed by atoms with Gasteiger partial charge in [0.15, 0.2) is 0 Å². The molecule has 1 saturated carbocycles. The smallest absolute Gasteiger partial charge is 0.00670 e. The van der Waals surface area contributed by atoms with E-state index in [0.717, 1.165) is 32.1 Å². The summed E-state index contributed by atoms with van der Waals surface area (Å²) < 4.78 is 0. The van der Waals surface area contributed by atoms with Crippen molar-refractivity contribution in [3.63, 3.8) is 0 Å². The molecule has 6 heteroatoms. The van der Waals surface area contributed by atoms with Gasteiger partial charge < -0.3 is 16.4 Å². The molecule has 1 rings (SSSR count). The Morgan fingerprint density at radius 2 is 0.963 bits per heavy atom. The van der Waals surface area contributed by atoms with Crippen molar-refractivity contribution < 1.29 is 0 Å². The molecule has 3 nitrogen and oxygen atoms in total. The molecular weight excluding hydrogens is 401 g/mol. The summed E-state index contributed by atoms with van der Waals surface area (Å²) in [6.07, 6.45) is 22.6. The molecule has 0 amide bonds. The molecule has 4 N–H and O–H groups in total. The third-order valence-electron chi connectivity index (χ3n) is 5.38. The van der Waals surface area contributed by atoms with E-state index in [9.17, 15) is 0 Å². The molecule has 0 spiro atoms. The van der Waals surface area contributed by atoms with E-state index in [1.807, 2.05) is 0 Å². The highest BCUT2D eigenvalue weighted by molar-refractivity contribution is 5.86. The van der Waals surface area contributed by atoms with Crippen molar-refractivity contribution in [2.24, 2.45) is 5.73 Å². The van der Waals surface area contributed by atoms with Gasteiger partial charge in [-0.3, -0.25) is 0 Å². The third-order valence-corrected chi connectivity index (χ3v) is 5.38. The summed E-state index contributed by atoms with van der Waals surface area (Å²) in [5.41, 5.74) is 5.51. The quantitative estimate of drug-likeness (QED) is 0.398. The molecule has 168 valence electrons. The van der Waals surface area contributed by atoms with Crippen LogP contribution in [0.5, 0.6) is 0 Å². The predicted octanol–water partition coefficient (Wildman–Crippen LogP) is 6.01. The first kappa shape index (κ1) is 32.4. The van der Waals surface area contributed by atoms with E-state index in [0.29, 0.717) is 0 Å². The van der Waals surface area contributed by atoms with E-state index in [1.54, 1.807) is 0 Å². The zero-order valence-corrected chi connectivity index (χ0v) is 20.0. The zero-order chi connectivity index (χ0) is 17.1. The van der Waals surface area contributed by atoms with E-state index in [1.165, 1.54) is 103 Å². The van der Waals surface area contributed by atoms with Gasteiger partial charge in [-0.25, -0.2) is 0 Å². The van der Waals surface area contributed by atoms with Crippen molar-refractivity contribution in [2.75, 3.05) is 26.2 Å². The van der Waals surface area contributed by atoms with Crippen molar-refractivity contribution in [3.05, 3.63) is 0 Å². The van der Waals surface area contributed by atoms with E-state index < -0.39 is 0 Å². The van der Waals surface area contributed by atoms with Crippen LogP contribution in [0.25, 0.3) is 0 Å². The lowest BCUT2D eigenvalue weighted by Crippen LogP contribution is -2.32. The van der Waals surface area contributed by atoms with Gasteiger partial charge in [0.1, 0.15) is 0 Å². The standard InChI is InChI=1S/C21H45N3.3ClH/c22-17-13-18-23-19-14-20-24-21-15-11-9-7-5-3-1-2-4-6-8-10-12-16-21;;;/h21,23-24H,1-20,22H2;3*1H. The van der Waals surface area contributed by atoms with Crippen LogP contribution in [0, 0.1) is 0 Å². The summed E-state index contributed by atoms with van der Waals surface area (Å²) in [5.74, 6) is 0. The van der Waals surface area contributed by atoms with Gasteiger partial charge in [0.25, 0.3) is 0 Å². The molecule has 0 atom stereocenters. The van der Waals surface area contributed by atoms with Crippen LogP contribution in [0.1, 0.15) is 103 Å². The SMILES string of the molecule is Cl.Cl.Cl.NCCCNCCCNC1CCCCCCCCCCCCCC1. The zero-order valence-electron chi connectivity index (χ0n) is 17.5. The summed E-state index contributed by atoms with van der Waals surface area (Å²) in [5, 5.41) is 7.32. The lowest BCUT2D eigenvalue weighted by atomic mass is 10.0. The Morgan fingerprint density at radius 1 is 0.556 bits per heavy atom. The maximum absolute atomic E-state index is 5.51. The Labute approximate surface area is 188 Å². The highest BCUT2D eigenvalue weighted by atomic mass is 35.5. The van der Waals surface area contributed by atoms with Crippen LogP contribution >= 0.6 is 37.2 Å². The highest BCUT2D eigenvalue weighted by Crippen LogP contribution is 2.17. The Bertz CT molecular complexity index is 243. The minimum absolute atomic E-state index is 0. The summed E-state index contributed by atoms with van der Waals surface area (Å²) >= 11 is 0. The fourth-order valence-corrected chi connectivity index (χ4v) is 3.77. The molecular formula is C21H48Cl3N3. The van der Waals surface area contributed by atoms with Gasteiger partial charge in [-0.1, -0.05) is 77.0 Å². The first-order chi connectivity index (χ1) is 11.9. The second-order valence-electron chi connectivity index (χ2n) is 7.72. The summed E-state index contributed by atoms with van der Waals surface area (Å²) in [6, 6.07) is 0.763. The molecule has 1 aliphatic carbocycles. The average Bonchev–Trinajstić information content (AvgIpc) is 2.60. The van der Waals surface area contributed by atoms with Gasteiger partial charge in [-0.2, -0.15) is 0 Å². The molecule has 27 heavy (non-hydrogen) atoms. The fourth-order valence-electron chi connectivity index (χ4n) is 3.77. The lowest BCUT2D eigenvalue weighted by Gasteiger charge is -2.19. The Kier molecular flexibility index (Phi) is 32.1. The van der Waals surface area contributed by atoms with Crippen molar-refractivity contribution in [1.82, 2.24) is 10.6 Å². The maximum Gasteiger partial charge on any atom is 0.00670 e. The van der Waals surface area contributed by atoms with Crippen molar-refractivity contribution >= 4 is 37.2 Å². The van der Waals surface area contributed by atoms with Gasteiger partial charge >= 0.3 is 0 Å². The molecule has 0 radical (unpaired) electrons. The predicted molar refractivity (Wildman–Crippen MR) is 129 cm³/mol. The summed E-state index contributed by atoms with van der Waals surface area (Å²) in [7, 11) is 0. The van der Waals surface area contributed by atoms with Gasteiger partial charge in [0, 0.05) is 6.04 Å². The molecule has 0 aliphatic heterocycles. The number of nitrogens with one attached hydrogen (secondary N) is 2. The molecule has 0 bridgehead atoms. The normalized spacial score (nSPS) is 18.1. The molecule has 0 unspecified atom stereocenters. The van der Waals surface area contributed by atoms with Crippen LogP contribution in [0.4, 0.5) is 0 Å². The van der Waals surface area contributed by atoms with Crippen LogP contribution in [0.15, 0.2) is 0 Å². The van der Waals surface area contributed by atoms with Crippen molar-refractivity contribution in [1.29, 1.82) is 0 Å². The number of hydrogen-bond donors (Lipinski definition) is 3. The number of nitrogens with two attached hydrogens (primary N) is 1. The molecule has 1 fully saturated rings. The number of halogens is 3. The largest absolute Gasteiger partial charge is 0.330 e. The summed E-state index contributed by atoms with van der Waals surface area (Å²) in [4.78, 5) is 0. The van der Waals surface area contributed by atoms with Gasteiger partial charge in [-0.15, -0.1) is 37.2 Å². The molecule has 0 aromatic carbocycles. The molecule has 0 aromatic heterocycles. The second-order valence-corrected chi connectivity index (χ2v) is 7.72. The summed E-state index contributed by atoms with van der Waals surface area (Å²) in [6.45, 7) is 4.16. The van der Waals surface area contributed by atoms with Crippen molar-refractivity contribution in [3.8, 4) is 0 Å². The van der Waals surface area contributed by atoms with Crippen LogP contribution in [-0.2, 0) is 0 Å². The van der Waals surface area contributed by atoms with Crippen LogP contribution < -0.4 is 16.4 Å². The van der Waals surface area contributed by atoms with Crippen LogP contribution in [0.3, 0.4) is 0 Å². The molecule has 0 saturated heterocycles. The fraction of sp³-hybridized carbons (Fsp3) is 1.00. The van der Waals surface area contributed by atoms with Crippen LogP contribution in [0.2, 0.25) is 0 Å². The highest BCUT2D eigenvalue weighted by Gasteiger charge is 2.08. The van der Waals surface area contributed by atoms with E-state index in [4.69, 9.17) is 5.73 Å². The first-order valence-corrected chi connectivity index (χ1v) is 11.1. The minimum atomic E-state index is 0. The minimum Gasteiger partial charge on any atom is -0.330 e. The Morgan fingerprint density at radius 3 is 1.41 bits per heavy atom. The van der Waals surface area contributed by atoms with Crippen molar-refractivity contribution in [2.45, 2.75) is 109 Å². The molecule has 0 aromatic rings. The topological polar surface area (TPSA) is 50.1 Å². The van der Waals surface area contributed by atoms with Gasteiger partial charge in [0.2, 0.25) is 0 Å². The van der Waals surface area contributed by atoms with Crippen LogP contribution in [-0.4, -0.2) is 32.2 Å². The monoisotopic (exact) mass is 447 g/mol. The van der Waals surface area contributed by atoms with E-state index in [-0.39, 0.29) is 37.2 Å². The van der Waals surface area contributed by atoms with E-state index >= 15 is 0 Å².